The van der Waals surface area contributed by atoms with Crippen LogP contribution in [0, 0.1) is 5.82 Å². The highest BCUT2D eigenvalue weighted by Gasteiger charge is 2.35. The van der Waals surface area contributed by atoms with Gasteiger partial charge in [-0.25, -0.2) is 24.1 Å². The number of hydrogen-bond donors (Lipinski definition) is 3. The van der Waals surface area contributed by atoms with Gasteiger partial charge in [-0.1, -0.05) is 12.1 Å². The van der Waals surface area contributed by atoms with Crippen LogP contribution in [0.5, 0.6) is 17.2 Å². The molecule has 1 atom stereocenters. The van der Waals surface area contributed by atoms with Gasteiger partial charge in [0.1, 0.15) is 18.2 Å². The number of ether oxygens (including phenoxy) is 2. The van der Waals surface area contributed by atoms with E-state index in [1.807, 2.05) is 19.1 Å². The van der Waals surface area contributed by atoms with E-state index in [0.29, 0.717) is 46.5 Å². The van der Waals surface area contributed by atoms with Gasteiger partial charge in [-0.3, -0.25) is 4.79 Å². The number of benzene rings is 3. The molecule has 3 heterocycles. The van der Waals surface area contributed by atoms with Crippen molar-refractivity contribution >= 4 is 28.3 Å². The lowest BCUT2D eigenvalue weighted by Gasteiger charge is -2.37. The number of thiazole rings is 1. The van der Waals surface area contributed by atoms with Gasteiger partial charge in [-0.2, -0.15) is 0 Å². The molecule has 1 aliphatic rings. The van der Waals surface area contributed by atoms with Gasteiger partial charge in [0.2, 0.25) is 5.91 Å². The van der Waals surface area contributed by atoms with Gasteiger partial charge in [0.25, 0.3) is 0 Å². The van der Waals surface area contributed by atoms with Crippen molar-refractivity contribution in [2.45, 2.75) is 31.9 Å². The van der Waals surface area contributed by atoms with E-state index < -0.39 is 17.3 Å². The Morgan fingerprint density at radius 2 is 1.84 bits per heavy atom. The fourth-order valence-electron chi connectivity index (χ4n) is 5.27. The fraction of sp³-hybridized carbons (Fsp3) is 0.182. The normalized spacial score (nSPS) is 15.6. The number of nitrogens with one attached hydrogen (secondary N) is 2. The SMILES string of the molecule is C[C@]1(CC(=O)Nc2nccs2)NCCc2cc(OCc3ncccn3)c(Oc3ccc(-c4ccc(C(=O)O)cc4)c(F)c3)cc21. The van der Waals surface area contributed by atoms with Gasteiger partial charge >= 0.3 is 5.97 Å². The monoisotopic (exact) mass is 625 g/mol. The first kappa shape index (κ1) is 29.9. The van der Waals surface area contributed by atoms with Crippen molar-refractivity contribution < 1.29 is 28.6 Å². The van der Waals surface area contributed by atoms with Crippen LogP contribution in [0.3, 0.4) is 0 Å². The molecule has 0 unspecified atom stereocenters. The predicted octanol–water partition coefficient (Wildman–Crippen LogP) is 6.20. The lowest BCUT2D eigenvalue weighted by Crippen LogP contribution is -2.47. The Morgan fingerprint density at radius 3 is 2.56 bits per heavy atom. The lowest BCUT2D eigenvalue weighted by molar-refractivity contribution is -0.117. The number of fused-ring (bicyclic) bond motifs is 1. The number of amides is 1. The summed E-state index contributed by atoms with van der Waals surface area (Å²) in [5.74, 6) is -0.324. The molecule has 1 aliphatic heterocycles. The number of carbonyl (C=O) groups is 2. The van der Waals surface area contributed by atoms with Gasteiger partial charge in [0.15, 0.2) is 22.5 Å². The molecule has 45 heavy (non-hydrogen) atoms. The minimum Gasteiger partial charge on any atom is -0.482 e. The standard InChI is InChI=1S/C33H28FN5O5S/c1-33(18-30(40)39-32-37-13-14-45-32)25-17-28(27(15-22(25)9-12-38-33)43-19-29-35-10-2-11-36-29)44-23-7-8-24(26(34)16-23)20-3-5-21(6-4-20)31(41)42/h2-8,10-11,13-17,38H,9,12,18-19H2,1H3,(H,41,42)(H,37,39,40)/t33-/m1/s1. The molecule has 0 saturated carbocycles. The van der Waals surface area contributed by atoms with Gasteiger partial charge < -0.3 is 25.2 Å². The van der Waals surface area contributed by atoms with E-state index >= 15 is 4.39 Å². The maximum absolute atomic E-state index is 15.4. The predicted molar refractivity (Wildman–Crippen MR) is 166 cm³/mol. The molecular formula is C33H28FN5O5S. The van der Waals surface area contributed by atoms with Crippen LogP contribution in [-0.2, 0) is 23.4 Å². The van der Waals surface area contributed by atoms with Crippen LogP contribution in [0.1, 0.15) is 40.7 Å². The molecule has 0 radical (unpaired) electrons. The average Bonchev–Trinajstić information content (AvgIpc) is 3.54. The number of halogens is 1. The van der Waals surface area contributed by atoms with E-state index in [9.17, 15) is 14.7 Å². The molecule has 0 spiro atoms. The Morgan fingerprint density at radius 1 is 1.04 bits per heavy atom. The summed E-state index contributed by atoms with van der Waals surface area (Å²) in [4.78, 5) is 36.8. The van der Waals surface area contributed by atoms with Crippen LogP contribution in [0.25, 0.3) is 11.1 Å². The maximum Gasteiger partial charge on any atom is 0.335 e. The summed E-state index contributed by atoms with van der Waals surface area (Å²) < 4.78 is 27.7. The first-order chi connectivity index (χ1) is 21.8. The third kappa shape index (κ3) is 6.82. The van der Waals surface area contributed by atoms with Crippen molar-refractivity contribution in [2.24, 2.45) is 0 Å². The molecule has 2 aromatic heterocycles. The number of rotatable bonds is 10. The van der Waals surface area contributed by atoms with Crippen molar-refractivity contribution in [3.05, 3.63) is 113 Å². The van der Waals surface area contributed by atoms with Crippen molar-refractivity contribution in [1.29, 1.82) is 0 Å². The highest BCUT2D eigenvalue weighted by molar-refractivity contribution is 7.13. The Balaban J connectivity index is 1.31. The Kier molecular flexibility index (Phi) is 8.49. The Bertz CT molecular complexity index is 1840. The molecule has 1 amide bonds. The molecule has 3 N–H and O–H groups in total. The zero-order valence-electron chi connectivity index (χ0n) is 24.1. The molecule has 0 aliphatic carbocycles. The summed E-state index contributed by atoms with van der Waals surface area (Å²) in [6.45, 7) is 2.69. The van der Waals surface area contributed by atoms with Crippen LogP contribution in [0.4, 0.5) is 9.52 Å². The highest BCUT2D eigenvalue weighted by Crippen LogP contribution is 2.42. The van der Waals surface area contributed by atoms with Crippen LogP contribution in [-0.4, -0.2) is 38.5 Å². The average molecular weight is 626 g/mol. The van der Waals surface area contributed by atoms with E-state index in [1.165, 1.54) is 29.5 Å². The van der Waals surface area contributed by atoms with Gasteiger partial charge in [-0.15, -0.1) is 11.3 Å². The van der Waals surface area contributed by atoms with Gasteiger partial charge in [0, 0.05) is 54.1 Å². The molecule has 3 aromatic carbocycles. The summed E-state index contributed by atoms with van der Waals surface area (Å²) in [6.07, 6.45) is 5.72. The quantitative estimate of drug-likeness (QED) is 0.166. The smallest absolute Gasteiger partial charge is 0.335 e. The van der Waals surface area contributed by atoms with Crippen molar-refractivity contribution in [3.63, 3.8) is 0 Å². The molecule has 12 heteroatoms. The van der Waals surface area contributed by atoms with Crippen molar-refractivity contribution in [3.8, 4) is 28.4 Å². The van der Waals surface area contributed by atoms with Crippen molar-refractivity contribution in [2.75, 3.05) is 11.9 Å². The second-order valence-corrected chi connectivity index (χ2v) is 11.5. The molecule has 0 bridgehead atoms. The number of hydrogen-bond acceptors (Lipinski definition) is 9. The molecule has 0 saturated heterocycles. The van der Waals surface area contributed by atoms with E-state index in [1.54, 1.807) is 54.3 Å². The van der Waals surface area contributed by atoms with E-state index in [-0.39, 0.29) is 30.2 Å². The van der Waals surface area contributed by atoms with Crippen LogP contribution in [0.2, 0.25) is 0 Å². The number of carbonyl (C=O) groups excluding carboxylic acids is 1. The zero-order valence-corrected chi connectivity index (χ0v) is 24.9. The zero-order chi connectivity index (χ0) is 31.4. The molecule has 5 aromatic rings. The molecule has 0 fully saturated rings. The number of nitrogens with zero attached hydrogens (tertiary/aromatic N) is 3. The molecule has 228 valence electrons. The third-order valence-electron chi connectivity index (χ3n) is 7.45. The third-order valence-corrected chi connectivity index (χ3v) is 8.14. The molecule has 6 rings (SSSR count). The second-order valence-electron chi connectivity index (χ2n) is 10.6. The van der Waals surface area contributed by atoms with Gasteiger partial charge in [0.05, 0.1) is 5.56 Å². The lowest BCUT2D eigenvalue weighted by atomic mass is 9.81. The fourth-order valence-corrected chi connectivity index (χ4v) is 5.82. The number of carboxylic acid groups (broad SMARTS) is 1. The summed E-state index contributed by atoms with van der Waals surface area (Å²) in [5, 5.41) is 17.8. The van der Waals surface area contributed by atoms with Crippen LogP contribution < -0.4 is 20.1 Å². The topological polar surface area (TPSA) is 136 Å². The first-order valence-corrected chi connectivity index (χ1v) is 15.0. The highest BCUT2D eigenvalue weighted by atomic mass is 32.1. The van der Waals surface area contributed by atoms with Gasteiger partial charge in [-0.05, 0) is 72.5 Å². The summed E-state index contributed by atoms with van der Waals surface area (Å²) in [5.41, 5.74) is 2.05. The minimum absolute atomic E-state index is 0.0847. The maximum atomic E-state index is 15.4. The Hall–Kier alpha value is -5.20. The number of carboxylic acids is 1. The second kappa shape index (κ2) is 12.8. The first-order valence-electron chi connectivity index (χ1n) is 14.1. The minimum atomic E-state index is -1.06. The number of anilines is 1. The molecular weight excluding hydrogens is 597 g/mol. The van der Waals surface area contributed by atoms with E-state index in [4.69, 9.17) is 9.47 Å². The van der Waals surface area contributed by atoms with Crippen LogP contribution >= 0.6 is 11.3 Å². The van der Waals surface area contributed by atoms with Crippen LogP contribution in [0.15, 0.2) is 84.6 Å². The van der Waals surface area contributed by atoms with E-state index in [2.05, 4.69) is 25.6 Å². The summed E-state index contributed by atoms with van der Waals surface area (Å²) in [6, 6.07) is 15.9. The van der Waals surface area contributed by atoms with Crippen molar-refractivity contribution in [1.82, 2.24) is 20.3 Å². The summed E-state index contributed by atoms with van der Waals surface area (Å²) in [7, 11) is 0. The number of aromatic nitrogens is 3. The Labute approximate surface area is 261 Å². The largest absolute Gasteiger partial charge is 0.482 e. The summed E-state index contributed by atoms with van der Waals surface area (Å²) >= 11 is 1.34. The molecule has 10 nitrogen and oxygen atoms in total. The van der Waals surface area contributed by atoms with E-state index in [0.717, 1.165) is 11.1 Å². The number of aromatic carboxylic acids is 1.